The van der Waals surface area contributed by atoms with E-state index in [1.54, 1.807) is 7.11 Å². The first-order chi connectivity index (χ1) is 8.21. The maximum Gasteiger partial charge on any atom is 0.223 e. The van der Waals surface area contributed by atoms with Gasteiger partial charge in [-0.05, 0) is 42.4 Å². The zero-order valence-corrected chi connectivity index (χ0v) is 10.0. The topological polar surface area (TPSA) is 38.3 Å². The van der Waals surface area contributed by atoms with Crippen molar-refractivity contribution in [1.29, 1.82) is 0 Å². The Kier molecular flexibility index (Phi) is 2.35. The highest BCUT2D eigenvalue weighted by Gasteiger charge is 2.51. The standard InChI is InChI=1S/C14H17NO2/c1-17-12-4-2-3-10(5-12)6-14-7-11(8-14)13(16)15-9-14/h2-5,11H,6-9H2,1H3,(H,15,16). The highest BCUT2D eigenvalue weighted by atomic mass is 16.5. The minimum absolute atomic E-state index is 0.248. The molecule has 0 aromatic heterocycles. The molecule has 0 unspecified atom stereocenters. The van der Waals surface area contributed by atoms with Gasteiger partial charge in [-0.1, -0.05) is 12.1 Å². The van der Waals surface area contributed by atoms with Crippen LogP contribution in [0.4, 0.5) is 0 Å². The number of amides is 1. The fraction of sp³-hybridized carbons (Fsp3) is 0.500. The van der Waals surface area contributed by atoms with E-state index >= 15 is 0 Å². The molecule has 1 aromatic rings. The summed E-state index contributed by atoms with van der Waals surface area (Å²) in [6.07, 6.45) is 3.15. The number of nitrogens with one attached hydrogen (secondary N) is 1. The minimum Gasteiger partial charge on any atom is -0.497 e. The van der Waals surface area contributed by atoms with Gasteiger partial charge in [0.25, 0.3) is 0 Å². The van der Waals surface area contributed by atoms with Gasteiger partial charge in [-0.2, -0.15) is 0 Å². The van der Waals surface area contributed by atoms with E-state index in [0.29, 0.717) is 5.41 Å². The fourth-order valence-corrected chi connectivity index (χ4v) is 3.16. The monoisotopic (exact) mass is 231 g/mol. The second-order valence-electron chi connectivity index (χ2n) is 5.35. The third-order valence-corrected chi connectivity index (χ3v) is 4.08. The fourth-order valence-electron chi connectivity index (χ4n) is 3.16. The second-order valence-corrected chi connectivity index (χ2v) is 5.35. The number of carbonyl (C=O) groups is 1. The molecule has 2 saturated heterocycles. The SMILES string of the molecule is COc1cccc(CC23CNC(=O)C(C2)C3)c1. The maximum absolute atomic E-state index is 11.4. The molecule has 1 saturated carbocycles. The molecule has 3 heteroatoms. The summed E-state index contributed by atoms with van der Waals surface area (Å²) in [6.45, 7) is 0.833. The molecule has 17 heavy (non-hydrogen) atoms. The summed E-state index contributed by atoms with van der Waals surface area (Å²) >= 11 is 0. The van der Waals surface area contributed by atoms with Crippen molar-refractivity contribution >= 4 is 5.91 Å². The van der Waals surface area contributed by atoms with Crippen LogP contribution in [0.2, 0.25) is 0 Å². The molecule has 3 nitrogen and oxygen atoms in total. The van der Waals surface area contributed by atoms with Crippen LogP contribution in [0, 0.1) is 11.3 Å². The third kappa shape index (κ3) is 1.79. The van der Waals surface area contributed by atoms with Crippen molar-refractivity contribution in [3.63, 3.8) is 0 Å². The van der Waals surface area contributed by atoms with Gasteiger partial charge in [0.2, 0.25) is 5.91 Å². The van der Waals surface area contributed by atoms with Crippen LogP contribution in [0.1, 0.15) is 18.4 Å². The molecule has 1 aliphatic carbocycles. The van der Waals surface area contributed by atoms with Gasteiger partial charge in [0.15, 0.2) is 0 Å². The first-order valence-corrected chi connectivity index (χ1v) is 6.11. The normalized spacial score (nSPS) is 30.4. The van der Waals surface area contributed by atoms with E-state index in [-0.39, 0.29) is 11.8 Å². The average molecular weight is 231 g/mol. The number of hydrogen-bond acceptors (Lipinski definition) is 2. The Bertz CT molecular complexity index is 444. The van der Waals surface area contributed by atoms with Crippen molar-refractivity contribution in [3.8, 4) is 5.75 Å². The van der Waals surface area contributed by atoms with Gasteiger partial charge in [0, 0.05) is 12.5 Å². The van der Waals surface area contributed by atoms with E-state index in [0.717, 1.165) is 31.6 Å². The zero-order valence-electron chi connectivity index (χ0n) is 10.0. The third-order valence-electron chi connectivity index (χ3n) is 4.08. The first-order valence-electron chi connectivity index (χ1n) is 6.11. The molecule has 3 aliphatic rings. The maximum atomic E-state index is 11.4. The van der Waals surface area contributed by atoms with Crippen LogP contribution in [0.15, 0.2) is 24.3 Å². The number of carbonyl (C=O) groups excluding carboxylic acids is 1. The summed E-state index contributed by atoms with van der Waals surface area (Å²) < 4.78 is 5.24. The predicted molar refractivity (Wildman–Crippen MR) is 64.9 cm³/mol. The van der Waals surface area contributed by atoms with Gasteiger partial charge < -0.3 is 10.1 Å². The molecule has 2 aliphatic heterocycles. The molecule has 1 aromatic carbocycles. The number of rotatable bonds is 3. The molecule has 0 spiro atoms. The quantitative estimate of drug-likeness (QED) is 0.861. The summed E-state index contributed by atoms with van der Waals surface area (Å²) in [4.78, 5) is 11.4. The molecule has 1 N–H and O–H groups in total. The Labute approximate surface area is 101 Å². The lowest BCUT2D eigenvalue weighted by molar-refractivity contribution is -0.140. The minimum atomic E-state index is 0.248. The van der Waals surface area contributed by atoms with Crippen LogP contribution >= 0.6 is 0 Å². The van der Waals surface area contributed by atoms with Crippen LogP contribution < -0.4 is 10.1 Å². The summed E-state index contributed by atoms with van der Waals surface area (Å²) in [5, 5.41) is 3.00. The molecule has 4 rings (SSSR count). The Morgan fingerprint density at radius 1 is 1.47 bits per heavy atom. The Morgan fingerprint density at radius 2 is 2.29 bits per heavy atom. The van der Waals surface area contributed by atoms with Crippen molar-refractivity contribution < 1.29 is 9.53 Å². The van der Waals surface area contributed by atoms with Gasteiger partial charge in [-0.15, -0.1) is 0 Å². The van der Waals surface area contributed by atoms with Crippen molar-refractivity contribution in [2.24, 2.45) is 11.3 Å². The number of methoxy groups -OCH3 is 1. The molecule has 3 fully saturated rings. The van der Waals surface area contributed by atoms with Gasteiger partial charge in [0.05, 0.1) is 7.11 Å². The van der Waals surface area contributed by atoms with Crippen LogP contribution in [0.5, 0.6) is 5.75 Å². The highest BCUT2D eigenvalue weighted by Crippen LogP contribution is 2.50. The molecule has 90 valence electrons. The summed E-state index contributed by atoms with van der Waals surface area (Å²) in [5.74, 6) is 1.43. The summed E-state index contributed by atoms with van der Waals surface area (Å²) in [7, 11) is 1.69. The van der Waals surface area contributed by atoms with Gasteiger partial charge in [-0.25, -0.2) is 0 Å². The van der Waals surface area contributed by atoms with Crippen molar-refractivity contribution in [3.05, 3.63) is 29.8 Å². The van der Waals surface area contributed by atoms with E-state index < -0.39 is 0 Å². The van der Waals surface area contributed by atoms with Crippen LogP contribution in [0.25, 0.3) is 0 Å². The first kappa shape index (κ1) is 10.6. The molecular formula is C14H17NO2. The lowest BCUT2D eigenvalue weighted by atomic mass is 9.57. The van der Waals surface area contributed by atoms with Crippen LogP contribution in [-0.4, -0.2) is 19.6 Å². The van der Waals surface area contributed by atoms with E-state index in [2.05, 4.69) is 17.4 Å². The lowest BCUT2D eigenvalue weighted by Crippen LogP contribution is -2.58. The number of ether oxygens (including phenoxy) is 1. The average Bonchev–Trinajstić information content (AvgIpc) is 2.31. The van der Waals surface area contributed by atoms with Gasteiger partial charge in [-0.3, -0.25) is 4.79 Å². The van der Waals surface area contributed by atoms with Crippen molar-refractivity contribution in [2.45, 2.75) is 19.3 Å². The number of fused-ring (bicyclic) bond motifs is 2. The van der Waals surface area contributed by atoms with Crippen molar-refractivity contribution in [1.82, 2.24) is 5.32 Å². The van der Waals surface area contributed by atoms with Gasteiger partial charge in [0.1, 0.15) is 5.75 Å². The van der Waals surface area contributed by atoms with E-state index in [1.807, 2.05) is 12.1 Å². The Balaban J connectivity index is 1.73. The summed E-state index contributed by atoms with van der Waals surface area (Å²) in [6, 6.07) is 8.23. The van der Waals surface area contributed by atoms with Crippen LogP contribution in [-0.2, 0) is 11.2 Å². The van der Waals surface area contributed by atoms with Crippen molar-refractivity contribution in [2.75, 3.05) is 13.7 Å². The second kappa shape index (κ2) is 3.76. The lowest BCUT2D eigenvalue weighted by Gasteiger charge is -2.51. The number of hydrogen-bond donors (Lipinski definition) is 1. The highest BCUT2D eigenvalue weighted by molar-refractivity contribution is 5.81. The molecule has 0 atom stereocenters. The Morgan fingerprint density at radius 3 is 2.94 bits per heavy atom. The molecular weight excluding hydrogens is 214 g/mol. The molecule has 0 radical (unpaired) electrons. The van der Waals surface area contributed by atoms with Gasteiger partial charge >= 0.3 is 0 Å². The molecule has 1 amide bonds. The number of piperidine rings is 2. The summed E-state index contributed by atoms with van der Waals surface area (Å²) in [5.41, 5.74) is 1.62. The number of benzene rings is 1. The Hall–Kier alpha value is -1.51. The smallest absolute Gasteiger partial charge is 0.223 e. The van der Waals surface area contributed by atoms with E-state index in [9.17, 15) is 4.79 Å². The van der Waals surface area contributed by atoms with Crippen LogP contribution in [0.3, 0.4) is 0 Å². The molecule has 2 heterocycles. The predicted octanol–water partition coefficient (Wildman–Crippen LogP) is 1.76. The molecule has 2 bridgehead atoms. The van der Waals surface area contributed by atoms with E-state index in [1.165, 1.54) is 5.56 Å². The van der Waals surface area contributed by atoms with E-state index in [4.69, 9.17) is 4.74 Å². The zero-order chi connectivity index (χ0) is 11.9. The largest absolute Gasteiger partial charge is 0.497 e.